The van der Waals surface area contributed by atoms with Crippen LogP contribution in [0.3, 0.4) is 0 Å². The molecule has 3 heterocycles. The minimum Gasteiger partial charge on any atom is -0.389 e. The fourth-order valence-corrected chi connectivity index (χ4v) is 3.12. The highest BCUT2D eigenvalue weighted by Crippen LogP contribution is 2.41. The summed E-state index contributed by atoms with van der Waals surface area (Å²) in [7, 11) is 0. The number of ether oxygens (including phenoxy) is 3. The maximum absolute atomic E-state index is 10.2. The highest BCUT2D eigenvalue weighted by Gasteiger charge is 2.58. The third-order valence-corrected chi connectivity index (χ3v) is 3.94. The van der Waals surface area contributed by atoms with Gasteiger partial charge in [-0.25, -0.2) is 0 Å². The first-order chi connectivity index (χ1) is 8.34. The molecule has 3 fully saturated rings. The zero-order valence-electron chi connectivity index (χ0n) is 11.1. The molecule has 1 N–H and O–H groups in total. The van der Waals surface area contributed by atoms with Crippen LogP contribution in [0.15, 0.2) is 12.7 Å². The first-order valence-electron chi connectivity index (χ1n) is 6.43. The van der Waals surface area contributed by atoms with Gasteiger partial charge in [0.15, 0.2) is 5.79 Å². The van der Waals surface area contributed by atoms with Gasteiger partial charge >= 0.3 is 0 Å². The molecule has 1 unspecified atom stereocenters. The van der Waals surface area contributed by atoms with Gasteiger partial charge in [0, 0.05) is 13.1 Å². The van der Waals surface area contributed by atoms with Gasteiger partial charge in [0.1, 0.15) is 18.4 Å². The quantitative estimate of drug-likeness (QED) is 0.691. The lowest BCUT2D eigenvalue weighted by atomic mass is 10.0. The van der Waals surface area contributed by atoms with Crippen LogP contribution < -0.4 is 0 Å². The molecule has 3 aliphatic heterocycles. The molecule has 5 nitrogen and oxygen atoms in total. The summed E-state index contributed by atoms with van der Waals surface area (Å²) in [4.78, 5) is 2.11. The highest BCUT2D eigenvalue weighted by molar-refractivity contribution is 5.07. The number of rotatable bonds is 1. The van der Waals surface area contributed by atoms with Crippen LogP contribution in [-0.2, 0) is 14.2 Å². The third kappa shape index (κ3) is 1.82. The Labute approximate surface area is 107 Å². The number of hydrogen-bond acceptors (Lipinski definition) is 5. The van der Waals surface area contributed by atoms with E-state index in [9.17, 15) is 5.11 Å². The molecule has 0 bridgehead atoms. The van der Waals surface area contributed by atoms with Crippen molar-refractivity contribution >= 4 is 0 Å². The van der Waals surface area contributed by atoms with Crippen LogP contribution in [0.5, 0.6) is 0 Å². The number of aliphatic hydroxyl groups is 1. The molecule has 0 aromatic carbocycles. The zero-order chi connectivity index (χ0) is 13.1. The van der Waals surface area contributed by atoms with Crippen LogP contribution in [0.25, 0.3) is 0 Å². The smallest absolute Gasteiger partial charge is 0.164 e. The summed E-state index contributed by atoms with van der Waals surface area (Å²) in [6.07, 6.45) is 0.555. The Morgan fingerprint density at radius 3 is 2.56 bits per heavy atom. The fraction of sp³-hybridized carbons (Fsp3) is 0.846. The minimum atomic E-state index is -0.664. The van der Waals surface area contributed by atoms with E-state index in [1.807, 2.05) is 26.8 Å². The second-order valence-corrected chi connectivity index (χ2v) is 6.09. The van der Waals surface area contributed by atoms with Crippen molar-refractivity contribution < 1.29 is 19.3 Å². The Morgan fingerprint density at radius 1 is 1.22 bits per heavy atom. The second kappa shape index (κ2) is 3.77. The number of piperidine rings is 1. The SMILES string of the molecule is C=CC1(C)CN2C[C@@H](O)[C@@H]3OC(C)(C)O[C@@H]3[C@H]2O1. The summed E-state index contributed by atoms with van der Waals surface area (Å²) in [5.41, 5.74) is -0.380. The molecule has 3 saturated heterocycles. The Morgan fingerprint density at radius 2 is 1.89 bits per heavy atom. The topological polar surface area (TPSA) is 51.2 Å². The van der Waals surface area contributed by atoms with E-state index in [0.717, 1.165) is 6.54 Å². The van der Waals surface area contributed by atoms with Gasteiger partial charge in [0.2, 0.25) is 0 Å². The number of fused-ring (bicyclic) bond motifs is 3. The van der Waals surface area contributed by atoms with Gasteiger partial charge in [-0.1, -0.05) is 6.08 Å². The van der Waals surface area contributed by atoms with Gasteiger partial charge < -0.3 is 19.3 Å². The monoisotopic (exact) mass is 255 g/mol. The van der Waals surface area contributed by atoms with Crippen molar-refractivity contribution in [1.82, 2.24) is 4.90 Å². The molecule has 5 atom stereocenters. The fourth-order valence-electron chi connectivity index (χ4n) is 3.12. The van der Waals surface area contributed by atoms with E-state index in [1.165, 1.54) is 0 Å². The summed E-state index contributed by atoms with van der Waals surface area (Å²) < 4.78 is 17.7. The molecular weight excluding hydrogens is 234 g/mol. The maximum atomic E-state index is 10.2. The Balaban J connectivity index is 1.86. The number of nitrogens with zero attached hydrogens (tertiary/aromatic N) is 1. The van der Waals surface area contributed by atoms with Crippen molar-refractivity contribution in [2.24, 2.45) is 0 Å². The van der Waals surface area contributed by atoms with Crippen LogP contribution >= 0.6 is 0 Å². The van der Waals surface area contributed by atoms with Crippen LogP contribution in [0.2, 0.25) is 0 Å². The molecule has 0 saturated carbocycles. The molecule has 102 valence electrons. The third-order valence-electron chi connectivity index (χ3n) is 3.94. The van der Waals surface area contributed by atoms with Crippen molar-refractivity contribution in [1.29, 1.82) is 0 Å². The van der Waals surface area contributed by atoms with Crippen molar-refractivity contribution in [2.45, 2.75) is 56.7 Å². The normalized spacial score (nSPS) is 50.9. The van der Waals surface area contributed by atoms with Crippen LogP contribution in [0.1, 0.15) is 20.8 Å². The molecule has 0 spiro atoms. The van der Waals surface area contributed by atoms with Gasteiger partial charge in [0.25, 0.3) is 0 Å². The summed E-state index contributed by atoms with van der Waals surface area (Å²) in [6, 6.07) is 0. The van der Waals surface area contributed by atoms with Gasteiger partial charge in [-0.2, -0.15) is 0 Å². The van der Waals surface area contributed by atoms with E-state index in [4.69, 9.17) is 14.2 Å². The summed E-state index contributed by atoms with van der Waals surface area (Å²) in [5.74, 6) is -0.664. The van der Waals surface area contributed by atoms with E-state index < -0.39 is 11.9 Å². The van der Waals surface area contributed by atoms with E-state index >= 15 is 0 Å². The number of aliphatic hydroxyl groups excluding tert-OH is 1. The summed E-state index contributed by atoms with van der Waals surface area (Å²) >= 11 is 0. The molecular formula is C13H21NO4. The second-order valence-electron chi connectivity index (χ2n) is 6.09. The van der Waals surface area contributed by atoms with Crippen molar-refractivity contribution in [2.75, 3.05) is 13.1 Å². The van der Waals surface area contributed by atoms with E-state index in [-0.39, 0.29) is 24.0 Å². The molecule has 3 rings (SSSR count). The maximum Gasteiger partial charge on any atom is 0.164 e. The van der Waals surface area contributed by atoms with Crippen LogP contribution in [0, 0.1) is 0 Å². The Hall–Kier alpha value is -0.460. The van der Waals surface area contributed by atoms with Gasteiger partial charge in [0.05, 0.1) is 11.7 Å². The lowest BCUT2D eigenvalue weighted by molar-refractivity contribution is -0.169. The predicted octanol–water partition coefficient (Wildman–Crippen LogP) is 0.484. The Kier molecular flexibility index (Phi) is 2.63. The molecule has 0 aromatic heterocycles. The summed E-state index contributed by atoms with van der Waals surface area (Å²) in [5, 5.41) is 10.2. The zero-order valence-corrected chi connectivity index (χ0v) is 11.1. The first kappa shape index (κ1) is 12.6. The van der Waals surface area contributed by atoms with E-state index in [1.54, 1.807) is 0 Å². The van der Waals surface area contributed by atoms with Gasteiger partial charge in [-0.05, 0) is 20.8 Å². The molecule has 3 aliphatic rings. The molecule has 0 amide bonds. The number of hydrogen-bond donors (Lipinski definition) is 1. The first-order valence-corrected chi connectivity index (χ1v) is 6.43. The van der Waals surface area contributed by atoms with Gasteiger partial charge in [-0.15, -0.1) is 6.58 Å². The van der Waals surface area contributed by atoms with Crippen LogP contribution in [0.4, 0.5) is 0 Å². The van der Waals surface area contributed by atoms with Crippen LogP contribution in [-0.4, -0.2) is 59.0 Å². The lowest BCUT2D eigenvalue weighted by Crippen LogP contribution is -2.58. The van der Waals surface area contributed by atoms with E-state index in [2.05, 4.69) is 11.5 Å². The highest BCUT2D eigenvalue weighted by atomic mass is 16.8. The lowest BCUT2D eigenvalue weighted by Gasteiger charge is -2.37. The average Bonchev–Trinajstić information content (AvgIpc) is 2.76. The largest absolute Gasteiger partial charge is 0.389 e. The standard InChI is InChI=1S/C13H21NO4/c1-5-13(4)7-14-6-8(15)9-10(11(14)18-13)17-12(2,3)16-9/h5,8-11,15H,1,6-7H2,2-4H3/t8-,9+,10+,11-,13?/m1/s1. The van der Waals surface area contributed by atoms with Gasteiger partial charge in [-0.3, -0.25) is 4.90 Å². The Bertz CT molecular complexity index is 372. The predicted molar refractivity (Wildman–Crippen MR) is 64.9 cm³/mol. The molecule has 0 aliphatic carbocycles. The van der Waals surface area contributed by atoms with Crippen molar-refractivity contribution in [3.63, 3.8) is 0 Å². The average molecular weight is 255 g/mol. The molecule has 0 aromatic rings. The van der Waals surface area contributed by atoms with E-state index in [0.29, 0.717) is 6.54 Å². The minimum absolute atomic E-state index is 0.164. The molecule has 0 radical (unpaired) electrons. The molecule has 5 heteroatoms. The summed E-state index contributed by atoms with van der Waals surface area (Å²) in [6.45, 7) is 10.8. The molecule has 18 heavy (non-hydrogen) atoms. The van der Waals surface area contributed by atoms with Crippen molar-refractivity contribution in [3.05, 3.63) is 12.7 Å². The van der Waals surface area contributed by atoms with Crippen molar-refractivity contribution in [3.8, 4) is 0 Å².